The molecule has 9 heteroatoms. The van der Waals surface area contributed by atoms with Gasteiger partial charge in [0.05, 0.1) is 37.1 Å². The maximum Gasteiger partial charge on any atom is 0.413 e. The van der Waals surface area contributed by atoms with Gasteiger partial charge in [0.2, 0.25) is 0 Å². The average molecular weight is 329 g/mol. The lowest BCUT2D eigenvalue weighted by molar-refractivity contribution is 0.177. The predicted octanol–water partition coefficient (Wildman–Crippen LogP) is 2.96. The van der Waals surface area contributed by atoms with Crippen LogP contribution in [0.2, 0.25) is 0 Å². The SMILES string of the molecule is CCOSC(=O)Nc1ccccc1NC(=S)NC(=O)OC. The molecule has 1 aromatic carbocycles. The number of carbonyl (C=O) groups is 2. The highest BCUT2D eigenvalue weighted by molar-refractivity contribution is 8.09. The molecule has 114 valence electrons. The van der Waals surface area contributed by atoms with Gasteiger partial charge in [0.1, 0.15) is 0 Å². The Morgan fingerprint density at radius 3 is 2.43 bits per heavy atom. The summed E-state index contributed by atoms with van der Waals surface area (Å²) < 4.78 is 9.37. The monoisotopic (exact) mass is 329 g/mol. The number of methoxy groups -OCH3 is 1. The topological polar surface area (TPSA) is 88.7 Å². The molecule has 21 heavy (non-hydrogen) atoms. The van der Waals surface area contributed by atoms with Crippen molar-refractivity contribution in [1.82, 2.24) is 5.32 Å². The molecule has 0 saturated carbocycles. The Labute approximate surface area is 132 Å². The molecule has 0 bridgehead atoms. The fourth-order valence-corrected chi connectivity index (χ4v) is 1.81. The Kier molecular flexibility index (Phi) is 7.51. The Morgan fingerprint density at radius 2 is 1.86 bits per heavy atom. The zero-order valence-corrected chi connectivity index (χ0v) is 13.1. The number of anilines is 2. The molecule has 0 aromatic heterocycles. The summed E-state index contributed by atoms with van der Waals surface area (Å²) in [5.41, 5.74) is 1.04. The van der Waals surface area contributed by atoms with Crippen molar-refractivity contribution < 1.29 is 18.5 Å². The minimum atomic E-state index is -0.680. The van der Waals surface area contributed by atoms with E-state index >= 15 is 0 Å². The van der Waals surface area contributed by atoms with E-state index < -0.39 is 6.09 Å². The van der Waals surface area contributed by atoms with Gasteiger partial charge in [-0.1, -0.05) is 12.1 Å². The van der Waals surface area contributed by atoms with Gasteiger partial charge < -0.3 is 19.6 Å². The largest absolute Gasteiger partial charge is 0.453 e. The van der Waals surface area contributed by atoms with E-state index in [4.69, 9.17) is 16.4 Å². The summed E-state index contributed by atoms with van der Waals surface area (Å²) in [7, 11) is 1.23. The van der Waals surface area contributed by atoms with Gasteiger partial charge in [-0.05, 0) is 31.3 Å². The summed E-state index contributed by atoms with van der Waals surface area (Å²) in [5.74, 6) is 0. The third-order valence-electron chi connectivity index (χ3n) is 2.07. The van der Waals surface area contributed by atoms with Gasteiger partial charge in [-0.25, -0.2) is 4.79 Å². The standard InChI is InChI=1S/C12H15N3O4S2/c1-3-19-21-12(17)14-9-7-5-4-6-8(9)13-10(20)15-11(16)18-2/h4-7H,3H2,1-2H3,(H,14,17)(H2,13,15,16,20). The number of ether oxygens (including phenoxy) is 1. The van der Waals surface area contributed by atoms with Crippen molar-refractivity contribution in [3.05, 3.63) is 24.3 Å². The molecule has 0 aliphatic rings. The quantitative estimate of drug-likeness (QED) is 0.578. The van der Waals surface area contributed by atoms with E-state index in [0.29, 0.717) is 30.0 Å². The Hall–Kier alpha value is -1.84. The summed E-state index contributed by atoms with van der Waals surface area (Å²) in [6.07, 6.45) is -0.680. The van der Waals surface area contributed by atoms with Gasteiger partial charge in [-0.2, -0.15) is 0 Å². The number of rotatable bonds is 4. The van der Waals surface area contributed by atoms with Crippen molar-refractivity contribution >= 4 is 52.1 Å². The lowest BCUT2D eigenvalue weighted by Crippen LogP contribution is -2.34. The van der Waals surface area contributed by atoms with E-state index in [1.54, 1.807) is 31.2 Å². The first kappa shape index (κ1) is 17.2. The smallest absolute Gasteiger partial charge is 0.413 e. The molecule has 0 spiro atoms. The third-order valence-corrected chi connectivity index (χ3v) is 2.88. The molecule has 7 nitrogen and oxygen atoms in total. The number of amides is 2. The molecule has 0 fully saturated rings. The maximum atomic E-state index is 11.6. The van der Waals surface area contributed by atoms with E-state index in [9.17, 15) is 9.59 Å². The third kappa shape index (κ3) is 6.43. The van der Waals surface area contributed by atoms with E-state index in [1.807, 2.05) is 0 Å². The number of nitrogens with one attached hydrogen (secondary N) is 3. The molecule has 2 amide bonds. The highest BCUT2D eigenvalue weighted by atomic mass is 32.2. The van der Waals surface area contributed by atoms with Crippen molar-refractivity contribution in [2.24, 2.45) is 0 Å². The maximum absolute atomic E-state index is 11.6. The number of benzene rings is 1. The van der Waals surface area contributed by atoms with Crippen LogP contribution in [0.25, 0.3) is 0 Å². The minimum Gasteiger partial charge on any atom is -0.453 e. The van der Waals surface area contributed by atoms with Crippen LogP contribution >= 0.6 is 24.3 Å². The Morgan fingerprint density at radius 1 is 1.24 bits per heavy atom. The predicted molar refractivity (Wildman–Crippen MR) is 86.4 cm³/mol. The molecule has 0 aliphatic heterocycles. The molecule has 0 aliphatic carbocycles. The zero-order chi connectivity index (χ0) is 15.7. The number of alkyl carbamates (subject to hydrolysis) is 1. The fraction of sp³-hybridized carbons (Fsp3) is 0.250. The molecule has 0 unspecified atom stereocenters. The van der Waals surface area contributed by atoms with Gasteiger partial charge in [0.15, 0.2) is 5.11 Å². The van der Waals surface area contributed by atoms with Gasteiger partial charge in [0.25, 0.3) is 0 Å². The lowest BCUT2D eigenvalue weighted by atomic mass is 10.2. The summed E-state index contributed by atoms with van der Waals surface area (Å²) in [6, 6.07) is 6.90. The van der Waals surface area contributed by atoms with Gasteiger partial charge >= 0.3 is 11.3 Å². The summed E-state index contributed by atoms with van der Waals surface area (Å²) >= 11 is 5.67. The molecular formula is C12H15N3O4S2. The van der Waals surface area contributed by atoms with Crippen LogP contribution in [0.4, 0.5) is 21.0 Å². The molecule has 0 heterocycles. The Balaban J connectivity index is 2.68. The fourth-order valence-electron chi connectivity index (χ4n) is 1.24. The van der Waals surface area contributed by atoms with Gasteiger partial charge in [-0.3, -0.25) is 10.1 Å². The molecular weight excluding hydrogens is 314 g/mol. The van der Waals surface area contributed by atoms with E-state index in [-0.39, 0.29) is 10.4 Å². The van der Waals surface area contributed by atoms with Crippen molar-refractivity contribution in [3.8, 4) is 0 Å². The molecule has 1 aromatic rings. The highest BCUT2D eigenvalue weighted by Crippen LogP contribution is 2.22. The first-order valence-corrected chi connectivity index (χ1v) is 7.07. The second kappa shape index (κ2) is 9.16. The molecule has 0 radical (unpaired) electrons. The van der Waals surface area contributed by atoms with Crippen LogP contribution in [0, 0.1) is 0 Å². The average Bonchev–Trinajstić information content (AvgIpc) is 2.46. The molecule has 0 saturated heterocycles. The van der Waals surface area contributed by atoms with Crippen molar-refractivity contribution in [1.29, 1.82) is 0 Å². The van der Waals surface area contributed by atoms with Crippen LogP contribution in [-0.2, 0) is 8.92 Å². The number of para-hydroxylation sites is 2. The van der Waals surface area contributed by atoms with Crippen LogP contribution in [-0.4, -0.2) is 30.2 Å². The number of carbonyl (C=O) groups excluding carboxylic acids is 2. The highest BCUT2D eigenvalue weighted by Gasteiger charge is 2.10. The van der Waals surface area contributed by atoms with Crippen molar-refractivity contribution in [3.63, 3.8) is 0 Å². The van der Waals surface area contributed by atoms with Crippen molar-refractivity contribution in [2.45, 2.75) is 6.92 Å². The minimum absolute atomic E-state index is 0.0565. The molecule has 3 N–H and O–H groups in total. The number of hydrogen-bond acceptors (Lipinski definition) is 6. The molecule has 0 atom stereocenters. The van der Waals surface area contributed by atoms with Crippen LogP contribution in [0.15, 0.2) is 24.3 Å². The lowest BCUT2D eigenvalue weighted by Gasteiger charge is -2.13. The normalized spacial score (nSPS) is 9.62. The van der Waals surface area contributed by atoms with E-state index in [2.05, 4.69) is 20.7 Å². The first-order valence-electron chi connectivity index (χ1n) is 5.92. The summed E-state index contributed by atoms with van der Waals surface area (Å²) in [4.78, 5) is 22.7. The van der Waals surface area contributed by atoms with Crippen LogP contribution < -0.4 is 16.0 Å². The van der Waals surface area contributed by atoms with Crippen LogP contribution in [0.1, 0.15) is 6.92 Å². The second-order valence-electron chi connectivity index (χ2n) is 3.52. The second-order valence-corrected chi connectivity index (χ2v) is 4.70. The summed E-state index contributed by atoms with van der Waals surface area (Å²) in [5, 5.41) is 7.45. The number of hydrogen-bond donors (Lipinski definition) is 3. The summed E-state index contributed by atoms with van der Waals surface area (Å²) in [6.45, 7) is 2.21. The van der Waals surface area contributed by atoms with Gasteiger partial charge in [-0.15, -0.1) is 0 Å². The van der Waals surface area contributed by atoms with E-state index in [0.717, 1.165) is 0 Å². The van der Waals surface area contributed by atoms with Crippen LogP contribution in [0.3, 0.4) is 0 Å². The van der Waals surface area contributed by atoms with Crippen LogP contribution in [0.5, 0.6) is 0 Å². The van der Waals surface area contributed by atoms with Gasteiger partial charge in [0, 0.05) is 0 Å². The molecule has 1 rings (SSSR count). The zero-order valence-electron chi connectivity index (χ0n) is 11.5. The van der Waals surface area contributed by atoms with Crippen molar-refractivity contribution in [2.75, 3.05) is 24.4 Å². The first-order chi connectivity index (χ1) is 10.1. The Bertz CT molecular complexity index is 525. The van der Waals surface area contributed by atoms with E-state index in [1.165, 1.54) is 7.11 Å². The number of thiocarbonyl (C=S) groups is 1.